The summed E-state index contributed by atoms with van der Waals surface area (Å²) in [5, 5.41) is 19.9. The van der Waals surface area contributed by atoms with Crippen LogP contribution in [0.4, 0.5) is 0 Å². The van der Waals surface area contributed by atoms with Crippen LogP contribution in [0.5, 0.6) is 0 Å². The molecule has 0 bridgehead atoms. The molecule has 2 aliphatic rings. The molecule has 5 atom stereocenters. The number of hydrogen-bond acceptors (Lipinski definition) is 3. The molecule has 0 aromatic carbocycles. The summed E-state index contributed by atoms with van der Waals surface area (Å²) in [4.78, 5) is 11.4. The van der Waals surface area contributed by atoms with Crippen molar-refractivity contribution in [3.8, 4) is 11.8 Å². The van der Waals surface area contributed by atoms with Gasteiger partial charge in [-0.2, -0.15) is 0 Å². The minimum Gasteiger partial charge on any atom is -0.392 e. The predicted octanol–water partition coefficient (Wildman–Crippen LogP) is 2.69. The lowest BCUT2D eigenvalue weighted by atomic mass is 9.74. The van der Waals surface area contributed by atoms with E-state index < -0.39 is 12.2 Å². The highest BCUT2D eigenvalue weighted by Gasteiger charge is 2.52. The number of hydrogen-bond donors (Lipinski definition) is 2. The van der Waals surface area contributed by atoms with Crippen molar-refractivity contribution >= 4 is 5.78 Å². The molecule has 0 aromatic rings. The van der Waals surface area contributed by atoms with Gasteiger partial charge in [-0.3, -0.25) is 4.79 Å². The topological polar surface area (TPSA) is 57.5 Å². The van der Waals surface area contributed by atoms with Gasteiger partial charge in [-0.1, -0.05) is 50.9 Å². The monoisotopic (exact) mass is 292 g/mol. The molecule has 0 aliphatic heterocycles. The summed E-state index contributed by atoms with van der Waals surface area (Å²) in [6, 6.07) is 0. The molecule has 5 unspecified atom stereocenters. The average Bonchev–Trinajstić information content (AvgIpc) is 2.72. The molecule has 118 valence electrons. The lowest BCUT2D eigenvalue weighted by Crippen LogP contribution is -2.38. The van der Waals surface area contributed by atoms with Gasteiger partial charge in [0.15, 0.2) is 0 Å². The second-order valence-electron chi connectivity index (χ2n) is 6.63. The van der Waals surface area contributed by atoms with Crippen LogP contribution in [0.1, 0.15) is 64.7 Å². The first-order chi connectivity index (χ1) is 10.1. The first-order valence-corrected chi connectivity index (χ1v) is 8.53. The Labute approximate surface area is 128 Å². The largest absolute Gasteiger partial charge is 0.392 e. The number of aliphatic hydroxyl groups is 2. The highest BCUT2D eigenvalue weighted by Crippen LogP contribution is 2.47. The molecule has 0 spiro atoms. The van der Waals surface area contributed by atoms with E-state index in [-0.39, 0.29) is 23.5 Å². The maximum absolute atomic E-state index is 11.4. The molecule has 0 amide bonds. The molecule has 2 saturated carbocycles. The molecule has 2 fully saturated rings. The van der Waals surface area contributed by atoms with Crippen molar-refractivity contribution in [2.24, 2.45) is 17.8 Å². The summed E-state index contributed by atoms with van der Waals surface area (Å²) in [6.07, 6.45) is 8.09. The van der Waals surface area contributed by atoms with Crippen LogP contribution < -0.4 is 0 Å². The van der Waals surface area contributed by atoms with Crippen LogP contribution in [0.2, 0.25) is 0 Å². The minimum atomic E-state index is -0.586. The van der Waals surface area contributed by atoms with E-state index in [1.165, 1.54) is 25.7 Å². The molecule has 3 heteroatoms. The summed E-state index contributed by atoms with van der Waals surface area (Å²) in [6.45, 7) is 2.20. The Morgan fingerprint density at radius 2 is 1.95 bits per heavy atom. The molecule has 0 aromatic heterocycles. The van der Waals surface area contributed by atoms with Crippen molar-refractivity contribution in [1.29, 1.82) is 0 Å². The number of carbonyl (C=O) groups excluding carboxylic acids is 1. The molecule has 2 N–H and O–H groups in total. The number of Topliss-reactive ketones (excluding diaryl/α,β-unsaturated/α-hetero) is 1. The van der Waals surface area contributed by atoms with E-state index in [0.29, 0.717) is 19.3 Å². The molecule has 2 aliphatic carbocycles. The number of unbranched alkanes of at least 4 members (excludes halogenated alkanes) is 5. The van der Waals surface area contributed by atoms with E-state index in [0.717, 1.165) is 12.8 Å². The summed E-state index contributed by atoms with van der Waals surface area (Å²) >= 11 is 0. The van der Waals surface area contributed by atoms with Gasteiger partial charge in [0.2, 0.25) is 0 Å². The zero-order chi connectivity index (χ0) is 15.2. The van der Waals surface area contributed by atoms with E-state index in [2.05, 4.69) is 18.8 Å². The Balaban J connectivity index is 1.64. The van der Waals surface area contributed by atoms with Gasteiger partial charge < -0.3 is 10.2 Å². The Hall–Kier alpha value is -0.850. The highest BCUT2D eigenvalue weighted by atomic mass is 16.3. The molecule has 0 radical (unpaired) electrons. The predicted molar refractivity (Wildman–Crippen MR) is 82.5 cm³/mol. The summed E-state index contributed by atoms with van der Waals surface area (Å²) in [5.41, 5.74) is 0. The van der Waals surface area contributed by atoms with E-state index >= 15 is 0 Å². The van der Waals surface area contributed by atoms with Crippen LogP contribution in [-0.2, 0) is 4.79 Å². The number of rotatable bonds is 7. The fourth-order valence-electron chi connectivity index (χ4n) is 3.52. The Bertz CT molecular complexity index is 406. The van der Waals surface area contributed by atoms with E-state index in [4.69, 9.17) is 0 Å². The van der Waals surface area contributed by atoms with Gasteiger partial charge in [-0.15, -0.1) is 0 Å². The molecule has 0 heterocycles. The number of ketones is 1. The van der Waals surface area contributed by atoms with Crippen molar-refractivity contribution in [2.75, 3.05) is 0 Å². The third-order valence-corrected chi connectivity index (χ3v) is 4.99. The lowest BCUT2D eigenvalue weighted by molar-refractivity contribution is -0.135. The standard InChI is InChI=1S/C18H28O3/c1-2-3-4-5-6-7-8-14(19)10-9-13-11-15-16(18(13)21)12-17(15)20/h13-16,18-19,21H,2-8,11-12H2,1H3. The molecule has 0 saturated heterocycles. The average molecular weight is 292 g/mol. The first kappa shape index (κ1) is 16.5. The van der Waals surface area contributed by atoms with Gasteiger partial charge in [0.05, 0.1) is 6.10 Å². The zero-order valence-corrected chi connectivity index (χ0v) is 13.1. The highest BCUT2D eigenvalue weighted by molar-refractivity contribution is 5.88. The molecular weight excluding hydrogens is 264 g/mol. The van der Waals surface area contributed by atoms with Gasteiger partial charge >= 0.3 is 0 Å². The Morgan fingerprint density at radius 3 is 2.62 bits per heavy atom. The molecule has 3 nitrogen and oxygen atoms in total. The number of fused-ring (bicyclic) bond motifs is 1. The number of carbonyl (C=O) groups is 1. The van der Waals surface area contributed by atoms with E-state index in [1.54, 1.807) is 0 Å². The first-order valence-electron chi connectivity index (χ1n) is 8.53. The Kier molecular flexibility index (Phi) is 6.26. The van der Waals surface area contributed by atoms with E-state index in [1.807, 2.05) is 0 Å². The van der Waals surface area contributed by atoms with Gasteiger partial charge in [-0.05, 0) is 19.3 Å². The van der Waals surface area contributed by atoms with Gasteiger partial charge in [-0.25, -0.2) is 0 Å². The molecular formula is C18H28O3. The van der Waals surface area contributed by atoms with Crippen LogP contribution in [0.3, 0.4) is 0 Å². The second kappa shape index (κ2) is 7.96. The van der Waals surface area contributed by atoms with Crippen LogP contribution in [-0.4, -0.2) is 28.2 Å². The van der Waals surface area contributed by atoms with Crippen molar-refractivity contribution in [3.05, 3.63) is 0 Å². The van der Waals surface area contributed by atoms with Crippen molar-refractivity contribution in [2.45, 2.75) is 76.9 Å². The SMILES string of the molecule is CCCCCCCCC(O)C#CC1CC2C(=O)CC2C1O. The lowest BCUT2D eigenvalue weighted by Gasteiger charge is -2.29. The summed E-state index contributed by atoms with van der Waals surface area (Å²) in [5.74, 6) is 6.21. The van der Waals surface area contributed by atoms with Gasteiger partial charge in [0, 0.05) is 24.2 Å². The van der Waals surface area contributed by atoms with Crippen LogP contribution in [0.25, 0.3) is 0 Å². The quantitative estimate of drug-likeness (QED) is 0.560. The fraction of sp³-hybridized carbons (Fsp3) is 0.833. The minimum absolute atomic E-state index is 0.0370. The van der Waals surface area contributed by atoms with Gasteiger partial charge in [0.25, 0.3) is 0 Å². The van der Waals surface area contributed by atoms with Crippen molar-refractivity contribution < 1.29 is 15.0 Å². The van der Waals surface area contributed by atoms with E-state index in [9.17, 15) is 15.0 Å². The maximum Gasteiger partial charge on any atom is 0.136 e. The van der Waals surface area contributed by atoms with Gasteiger partial charge in [0.1, 0.15) is 11.9 Å². The maximum atomic E-state index is 11.4. The molecule has 2 rings (SSSR count). The second-order valence-corrected chi connectivity index (χ2v) is 6.63. The van der Waals surface area contributed by atoms with Crippen LogP contribution in [0.15, 0.2) is 0 Å². The van der Waals surface area contributed by atoms with Crippen LogP contribution >= 0.6 is 0 Å². The normalized spacial score (nSPS) is 32.0. The molecule has 21 heavy (non-hydrogen) atoms. The summed E-state index contributed by atoms with van der Waals surface area (Å²) < 4.78 is 0. The van der Waals surface area contributed by atoms with Crippen molar-refractivity contribution in [1.82, 2.24) is 0 Å². The fourth-order valence-corrected chi connectivity index (χ4v) is 3.52. The van der Waals surface area contributed by atoms with Crippen molar-refractivity contribution in [3.63, 3.8) is 0 Å². The summed E-state index contributed by atoms with van der Waals surface area (Å²) in [7, 11) is 0. The third-order valence-electron chi connectivity index (χ3n) is 4.99. The Morgan fingerprint density at radius 1 is 1.24 bits per heavy atom. The third kappa shape index (κ3) is 4.31. The zero-order valence-electron chi connectivity index (χ0n) is 13.1. The van der Waals surface area contributed by atoms with Crippen LogP contribution in [0, 0.1) is 29.6 Å². The number of aliphatic hydroxyl groups excluding tert-OH is 2. The smallest absolute Gasteiger partial charge is 0.136 e.